The molecular weight excluding hydrogens is 410 g/mol. The summed E-state index contributed by atoms with van der Waals surface area (Å²) in [6.45, 7) is 8.87. The largest absolute Gasteiger partial charge is 0.382 e. The molecule has 31 heavy (non-hydrogen) atoms. The second-order valence-electron chi connectivity index (χ2n) is 8.31. The first-order valence-corrected chi connectivity index (χ1v) is 12.7. The fraction of sp³-hybridized carbons (Fsp3) is 0.480. The minimum atomic E-state index is -3.59. The third-order valence-corrected chi connectivity index (χ3v) is 6.14. The molecule has 0 aliphatic carbocycles. The summed E-state index contributed by atoms with van der Waals surface area (Å²) in [5.41, 5.74) is 2.75. The van der Waals surface area contributed by atoms with Gasteiger partial charge in [-0.25, -0.2) is 0 Å². The molecule has 0 bridgehead atoms. The summed E-state index contributed by atoms with van der Waals surface area (Å²) < 4.78 is 28.7. The molecule has 0 spiro atoms. The SMILES string of the molecule is CCCCCc1ccc(C(=O)N(Cc2cccc(OS(=O)(=O)CC)c2)CC(C)C)cc1. The van der Waals surface area contributed by atoms with Gasteiger partial charge in [0.05, 0.1) is 5.75 Å². The monoisotopic (exact) mass is 445 g/mol. The van der Waals surface area contributed by atoms with Crippen LogP contribution in [0.3, 0.4) is 0 Å². The Kier molecular flexibility index (Phi) is 9.56. The maximum absolute atomic E-state index is 13.2. The van der Waals surface area contributed by atoms with Crippen LogP contribution in [0.2, 0.25) is 0 Å². The molecule has 5 nitrogen and oxygen atoms in total. The van der Waals surface area contributed by atoms with E-state index >= 15 is 0 Å². The van der Waals surface area contributed by atoms with Crippen molar-refractivity contribution in [3.8, 4) is 5.75 Å². The maximum atomic E-state index is 13.2. The zero-order valence-corrected chi connectivity index (χ0v) is 20.0. The summed E-state index contributed by atoms with van der Waals surface area (Å²) in [4.78, 5) is 15.0. The zero-order valence-electron chi connectivity index (χ0n) is 19.1. The van der Waals surface area contributed by atoms with Crippen LogP contribution in [0.15, 0.2) is 48.5 Å². The number of nitrogens with zero attached hydrogens (tertiary/aromatic N) is 1. The van der Waals surface area contributed by atoms with Gasteiger partial charge in [-0.3, -0.25) is 4.79 Å². The van der Waals surface area contributed by atoms with Gasteiger partial charge in [0.15, 0.2) is 0 Å². The number of amides is 1. The minimum Gasteiger partial charge on any atom is -0.382 e. The summed E-state index contributed by atoms with van der Waals surface area (Å²) in [6.07, 6.45) is 4.60. The normalized spacial score (nSPS) is 11.5. The molecule has 170 valence electrons. The quantitative estimate of drug-likeness (QED) is 0.322. The molecule has 0 saturated carbocycles. The van der Waals surface area contributed by atoms with Gasteiger partial charge in [0, 0.05) is 18.7 Å². The van der Waals surface area contributed by atoms with Gasteiger partial charge >= 0.3 is 10.1 Å². The van der Waals surface area contributed by atoms with Gasteiger partial charge < -0.3 is 9.08 Å². The molecule has 2 aromatic rings. The van der Waals surface area contributed by atoms with Crippen molar-refractivity contribution in [2.24, 2.45) is 5.92 Å². The summed E-state index contributed by atoms with van der Waals surface area (Å²) in [5, 5.41) is 0. The van der Waals surface area contributed by atoms with Gasteiger partial charge in [0.1, 0.15) is 5.75 Å². The molecule has 0 saturated heterocycles. The van der Waals surface area contributed by atoms with E-state index in [0.717, 1.165) is 18.4 Å². The van der Waals surface area contributed by atoms with E-state index in [1.54, 1.807) is 18.2 Å². The molecule has 0 radical (unpaired) electrons. The Hall–Kier alpha value is -2.34. The lowest BCUT2D eigenvalue weighted by Gasteiger charge is -2.25. The lowest BCUT2D eigenvalue weighted by atomic mass is 10.0. The van der Waals surface area contributed by atoms with Crippen molar-refractivity contribution in [2.75, 3.05) is 12.3 Å². The number of rotatable bonds is 12. The first-order chi connectivity index (χ1) is 14.7. The Labute approximate surface area is 187 Å². The Morgan fingerprint density at radius 3 is 2.32 bits per heavy atom. The van der Waals surface area contributed by atoms with E-state index < -0.39 is 10.1 Å². The van der Waals surface area contributed by atoms with Crippen molar-refractivity contribution < 1.29 is 17.4 Å². The lowest BCUT2D eigenvalue weighted by molar-refractivity contribution is 0.0722. The number of carbonyl (C=O) groups is 1. The highest BCUT2D eigenvalue weighted by molar-refractivity contribution is 7.87. The number of hydrogen-bond acceptors (Lipinski definition) is 4. The van der Waals surface area contributed by atoms with E-state index in [1.807, 2.05) is 35.2 Å². The molecule has 0 heterocycles. The zero-order chi connectivity index (χ0) is 22.9. The average molecular weight is 446 g/mol. The first-order valence-electron chi connectivity index (χ1n) is 11.1. The number of unbranched alkanes of at least 4 members (excludes halogenated alkanes) is 2. The van der Waals surface area contributed by atoms with E-state index in [4.69, 9.17) is 4.18 Å². The molecule has 0 N–H and O–H groups in total. The van der Waals surface area contributed by atoms with E-state index in [2.05, 4.69) is 20.8 Å². The fourth-order valence-electron chi connectivity index (χ4n) is 3.36. The van der Waals surface area contributed by atoms with E-state index in [0.29, 0.717) is 24.6 Å². The highest BCUT2D eigenvalue weighted by atomic mass is 32.2. The van der Waals surface area contributed by atoms with Crippen molar-refractivity contribution in [3.05, 3.63) is 65.2 Å². The molecule has 0 fully saturated rings. The molecule has 6 heteroatoms. The fourth-order valence-corrected chi connectivity index (χ4v) is 3.87. The molecule has 2 rings (SSSR count). The number of aryl methyl sites for hydroxylation is 1. The summed E-state index contributed by atoms with van der Waals surface area (Å²) in [5.74, 6) is 0.454. The van der Waals surface area contributed by atoms with Gasteiger partial charge in [0.2, 0.25) is 0 Å². The van der Waals surface area contributed by atoms with Crippen LogP contribution in [0.4, 0.5) is 0 Å². The third-order valence-electron chi connectivity index (χ3n) is 4.99. The second-order valence-corrected chi connectivity index (χ2v) is 10.2. The van der Waals surface area contributed by atoms with Crippen molar-refractivity contribution in [3.63, 3.8) is 0 Å². The molecule has 1 amide bonds. The standard InChI is InChI=1S/C25H35NO4S/c1-5-7-8-10-21-13-15-23(16-14-21)25(27)26(18-20(3)4)19-22-11-9-12-24(17-22)30-31(28,29)6-2/h9,11-17,20H,5-8,10,18-19H2,1-4H3. The van der Waals surface area contributed by atoms with Crippen LogP contribution < -0.4 is 4.18 Å². The molecule has 0 aromatic heterocycles. The lowest BCUT2D eigenvalue weighted by Crippen LogP contribution is -2.33. The van der Waals surface area contributed by atoms with Crippen molar-refractivity contribution in [1.29, 1.82) is 0 Å². The molecule has 0 aliphatic heterocycles. The minimum absolute atomic E-state index is 0.0266. The van der Waals surface area contributed by atoms with Crippen LogP contribution in [0, 0.1) is 5.92 Å². The van der Waals surface area contributed by atoms with Crippen molar-refractivity contribution in [1.82, 2.24) is 4.90 Å². The van der Waals surface area contributed by atoms with Crippen LogP contribution in [0.1, 0.15) is 68.4 Å². The Balaban J connectivity index is 2.15. The molecule has 0 unspecified atom stereocenters. The smallest absolute Gasteiger partial charge is 0.308 e. The summed E-state index contributed by atoms with van der Waals surface area (Å²) in [7, 11) is -3.59. The Bertz CT molecular complexity index is 936. The van der Waals surface area contributed by atoms with Crippen LogP contribution >= 0.6 is 0 Å². The van der Waals surface area contributed by atoms with Gasteiger partial charge in [-0.2, -0.15) is 8.42 Å². The number of carbonyl (C=O) groups excluding carboxylic acids is 1. The summed E-state index contributed by atoms with van der Waals surface area (Å²) in [6, 6.07) is 14.8. The van der Waals surface area contributed by atoms with Crippen molar-refractivity contribution in [2.45, 2.75) is 59.9 Å². The van der Waals surface area contributed by atoms with Crippen molar-refractivity contribution >= 4 is 16.0 Å². The highest BCUT2D eigenvalue weighted by Crippen LogP contribution is 2.19. The molecule has 0 atom stereocenters. The predicted octanol–water partition coefficient (Wildman–Crippen LogP) is 5.45. The van der Waals surface area contributed by atoms with E-state index in [-0.39, 0.29) is 17.4 Å². The van der Waals surface area contributed by atoms with Crippen LogP contribution in [-0.4, -0.2) is 31.5 Å². The second kappa shape index (κ2) is 11.9. The van der Waals surface area contributed by atoms with E-state index in [1.165, 1.54) is 25.3 Å². The van der Waals surface area contributed by atoms with E-state index in [9.17, 15) is 13.2 Å². The van der Waals surface area contributed by atoms with Crippen LogP contribution in [0.5, 0.6) is 5.75 Å². The molecule has 0 aliphatic rings. The first kappa shape index (κ1) is 24.9. The van der Waals surface area contributed by atoms with Gasteiger partial charge in [-0.05, 0) is 61.1 Å². The third kappa shape index (κ3) is 8.37. The Morgan fingerprint density at radius 2 is 1.71 bits per heavy atom. The van der Waals surface area contributed by atoms with Gasteiger partial charge in [0.25, 0.3) is 5.91 Å². The molecular formula is C25H35NO4S. The van der Waals surface area contributed by atoms with Crippen LogP contribution in [-0.2, 0) is 23.1 Å². The highest BCUT2D eigenvalue weighted by Gasteiger charge is 2.18. The van der Waals surface area contributed by atoms with Gasteiger partial charge in [-0.1, -0.05) is 57.9 Å². The Morgan fingerprint density at radius 1 is 1.00 bits per heavy atom. The topological polar surface area (TPSA) is 63.7 Å². The van der Waals surface area contributed by atoms with Crippen LogP contribution in [0.25, 0.3) is 0 Å². The maximum Gasteiger partial charge on any atom is 0.308 e. The average Bonchev–Trinajstić information content (AvgIpc) is 2.73. The number of benzene rings is 2. The number of hydrogen-bond donors (Lipinski definition) is 0. The van der Waals surface area contributed by atoms with Gasteiger partial charge in [-0.15, -0.1) is 0 Å². The predicted molar refractivity (Wildman–Crippen MR) is 126 cm³/mol. The molecule has 2 aromatic carbocycles. The summed E-state index contributed by atoms with van der Waals surface area (Å²) >= 11 is 0.